The van der Waals surface area contributed by atoms with Crippen LogP contribution in [0.2, 0.25) is 0 Å². The first-order valence-corrected chi connectivity index (χ1v) is 7.89. The summed E-state index contributed by atoms with van der Waals surface area (Å²) in [6.45, 7) is 2.47. The van der Waals surface area contributed by atoms with E-state index in [0.29, 0.717) is 19.4 Å². The van der Waals surface area contributed by atoms with E-state index in [-0.39, 0.29) is 18.2 Å². The number of carbonyl (C=O) groups excluding carboxylic acids is 1. The second-order valence-corrected chi connectivity index (χ2v) is 6.10. The molecule has 0 radical (unpaired) electrons. The molecule has 1 saturated carbocycles. The number of rotatable bonds is 5. The van der Waals surface area contributed by atoms with Crippen LogP contribution in [0.3, 0.4) is 0 Å². The molecule has 2 amide bonds. The lowest BCUT2D eigenvalue weighted by Crippen LogP contribution is -2.58. The average Bonchev–Trinajstić information content (AvgIpc) is 3.06. The third kappa shape index (κ3) is 3.00. The van der Waals surface area contributed by atoms with Crippen LogP contribution in [0.15, 0.2) is 0 Å². The zero-order chi connectivity index (χ0) is 15.5. The molecule has 2 fully saturated rings. The van der Waals surface area contributed by atoms with Gasteiger partial charge in [-0.25, -0.2) is 9.59 Å². The van der Waals surface area contributed by atoms with Crippen molar-refractivity contribution in [1.82, 2.24) is 10.2 Å². The van der Waals surface area contributed by atoms with Crippen LogP contribution < -0.4 is 5.32 Å². The summed E-state index contributed by atoms with van der Waals surface area (Å²) < 4.78 is 5.38. The van der Waals surface area contributed by atoms with Gasteiger partial charge < -0.3 is 20.1 Å². The van der Waals surface area contributed by atoms with Crippen LogP contribution in [0.4, 0.5) is 4.79 Å². The first kappa shape index (κ1) is 16.1. The standard InChI is InChI=1S/C15H26N2O4/c1-3-8-15(13(18)19)9-5-10-17(15)14(20)16-11-6-4-7-12(11)21-2/h11-12H,3-10H2,1-2H3,(H,16,20)(H,18,19). The number of likely N-dealkylation sites (tertiary alicyclic amines) is 1. The first-order valence-electron chi connectivity index (χ1n) is 7.89. The van der Waals surface area contributed by atoms with Crippen molar-refractivity contribution in [3.05, 3.63) is 0 Å². The van der Waals surface area contributed by atoms with Crippen molar-refractivity contribution < 1.29 is 19.4 Å². The largest absolute Gasteiger partial charge is 0.479 e. The van der Waals surface area contributed by atoms with E-state index in [1.165, 1.54) is 4.90 Å². The summed E-state index contributed by atoms with van der Waals surface area (Å²) in [6, 6.07) is -0.256. The Balaban J connectivity index is 2.08. The Morgan fingerprint density at radius 3 is 2.76 bits per heavy atom. The van der Waals surface area contributed by atoms with Gasteiger partial charge in [-0.15, -0.1) is 0 Å². The van der Waals surface area contributed by atoms with Crippen LogP contribution in [0.5, 0.6) is 0 Å². The van der Waals surface area contributed by atoms with Crippen molar-refractivity contribution >= 4 is 12.0 Å². The van der Waals surface area contributed by atoms with E-state index >= 15 is 0 Å². The lowest BCUT2D eigenvalue weighted by molar-refractivity contribution is -0.148. The molecular formula is C15H26N2O4. The summed E-state index contributed by atoms with van der Waals surface area (Å²) in [5.41, 5.74) is -1.03. The van der Waals surface area contributed by atoms with Gasteiger partial charge in [-0.05, 0) is 38.5 Å². The van der Waals surface area contributed by atoms with Crippen LogP contribution in [0.1, 0.15) is 51.9 Å². The van der Waals surface area contributed by atoms with Gasteiger partial charge in [-0.3, -0.25) is 0 Å². The molecule has 21 heavy (non-hydrogen) atoms. The highest BCUT2D eigenvalue weighted by Crippen LogP contribution is 2.34. The molecular weight excluding hydrogens is 272 g/mol. The fourth-order valence-electron chi connectivity index (χ4n) is 3.79. The summed E-state index contributed by atoms with van der Waals surface area (Å²) in [7, 11) is 1.66. The molecule has 0 aromatic heterocycles. The molecule has 1 aliphatic carbocycles. The summed E-state index contributed by atoms with van der Waals surface area (Å²) in [5.74, 6) is -0.883. The monoisotopic (exact) mass is 298 g/mol. The number of carboxylic acid groups (broad SMARTS) is 1. The normalized spacial score (nSPS) is 32.4. The van der Waals surface area contributed by atoms with Crippen molar-refractivity contribution in [1.29, 1.82) is 0 Å². The van der Waals surface area contributed by atoms with Gasteiger partial charge in [0.05, 0.1) is 12.1 Å². The molecule has 1 aliphatic heterocycles. The van der Waals surface area contributed by atoms with E-state index in [2.05, 4.69) is 5.32 Å². The second-order valence-electron chi connectivity index (χ2n) is 6.10. The van der Waals surface area contributed by atoms with Crippen LogP contribution in [-0.4, -0.2) is 53.3 Å². The number of methoxy groups -OCH3 is 1. The fourth-order valence-corrected chi connectivity index (χ4v) is 3.79. The van der Waals surface area contributed by atoms with Crippen molar-refractivity contribution in [2.24, 2.45) is 0 Å². The van der Waals surface area contributed by atoms with Gasteiger partial charge >= 0.3 is 12.0 Å². The minimum absolute atomic E-state index is 0.00350. The van der Waals surface area contributed by atoms with Crippen molar-refractivity contribution in [3.8, 4) is 0 Å². The van der Waals surface area contributed by atoms with E-state index in [1.807, 2.05) is 6.92 Å². The number of aliphatic carboxylic acids is 1. The quantitative estimate of drug-likeness (QED) is 0.813. The molecule has 0 aromatic rings. The summed E-state index contributed by atoms with van der Waals surface area (Å²) >= 11 is 0. The summed E-state index contributed by atoms with van der Waals surface area (Å²) in [6.07, 6.45) is 5.46. The molecule has 6 nitrogen and oxygen atoms in total. The highest BCUT2D eigenvalue weighted by atomic mass is 16.5. The van der Waals surface area contributed by atoms with E-state index < -0.39 is 11.5 Å². The zero-order valence-electron chi connectivity index (χ0n) is 12.9. The van der Waals surface area contributed by atoms with Gasteiger partial charge in [0.25, 0.3) is 0 Å². The van der Waals surface area contributed by atoms with Crippen LogP contribution >= 0.6 is 0 Å². The van der Waals surface area contributed by atoms with Gasteiger partial charge in [0.2, 0.25) is 0 Å². The molecule has 0 aromatic carbocycles. The smallest absolute Gasteiger partial charge is 0.329 e. The molecule has 1 saturated heterocycles. The molecule has 0 spiro atoms. The number of hydrogen-bond acceptors (Lipinski definition) is 3. The number of hydrogen-bond donors (Lipinski definition) is 2. The number of carboxylic acids is 1. The Morgan fingerprint density at radius 2 is 2.14 bits per heavy atom. The van der Waals surface area contributed by atoms with Crippen molar-refractivity contribution in [2.45, 2.75) is 69.6 Å². The summed E-state index contributed by atoms with van der Waals surface area (Å²) in [4.78, 5) is 25.8. The second kappa shape index (κ2) is 6.64. The minimum Gasteiger partial charge on any atom is -0.479 e. The number of ether oxygens (including phenoxy) is 1. The number of urea groups is 1. The Labute approximate surface area is 125 Å². The number of nitrogens with one attached hydrogen (secondary N) is 1. The maximum Gasteiger partial charge on any atom is 0.329 e. The van der Waals surface area contributed by atoms with Gasteiger partial charge in [-0.2, -0.15) is 0 Å². The number of carbonyl (C=O) groups is 2. The molecule has 6 heteroatoms. The fraction of sp³-hybridized carbons (Fsp3) is 0.867. The van der Waals surface area contributed by atoms with Crippen LogP contribution in [0, 0.1) is 0 Å². The first-order chi connectivity index (χ1) is 10.0. The topological polar surface area (TPSA) is 78.9 Å². The molecule has 3 atom stereocenters. The molecule has 120 valence electrons. The lowest BCUT2D eigenvalue weighted by Gasteiger charge is -2.35. The predicted molar refractivity (Wildman–Crippen MR) is 78.2 cm³/mol. The number of amides is 2. The Kier molecular flexibility index (Phi) is 5.08. The van der Waals surface area contributed by atoms with Crippen molar-refractivity contribution in [3.63, 3.8) is 0 Å². The van der Waals surface area contributed by atoms with Gasteiger partial charge in [0.15, 0.2) is 0 Å². The molecule has 2 N–H and O–H groups in total. The highest BCUT2D eigenvalue weighted by Gasteiger charge is 2.49. The molecule has 3 unspecified atom stereocenters. The third-order valence-corrected chi connectivity index (χ3v) is 4.86. The van der Waals surface area contributed by atoms with Crippen molar-refractivity contribution in [2.75, 3.05) is 13.7 Å². The zero-order valence-corrected chi connectivity index (χ0v) is 12.9. The Bertz CT molecular complexity index is 401. The SMILES string of the molecule is CCCC1(C(=O)O)CCCN1C(=O)NC1CCCC1OC. The minimum atomic E-state index is -1.03. The Morgan fingerprint density at radius 1 is 1.38 bits per heavy atom. The van der Waals surface area contributed by atoms with Crippen LogP contribution in [-0.2, 0) is 9.53 Å². The number of nitrogens with zero attached hydrogens (tertiary/aromatic N) is 1. The third-order valence-electron chi connectivity index (χ3n) is 4.86. The molecule has 1 heterocycles. The molecule has 2 rings (SSSR count). The molecule has 2 aliphatic rings. The Hall–Kier alpha value is -1.30. The van der Waals surface area contributed by atoms with Crippen LogP contribution in [0.25, 0.3) is 0 Å². The van der Waals surface area contributed by atoms with E-state index in [9.17, 15) is 14.7 Å². The average molecular weight is 298 g/mol. The maximum atomic E-state index is 12.6. The van der Waals surface area contributed by atoms with Gasteiger partial charge in [0.1, 0.15) is 5.54 Å². The van der Waals surface area contributed by atoms with E-state index in [4.69, 9.17) is 4.74 Å². The highest BCUT2D eigenvalue weighted by molar-refractivity contribution is 5.87. The van der Waals surface area contributed by atoms with E-state index in [0.717, 1.165) is 32.1 Å². The molecule has 0 bridgehead atoms. The predicted octanol–water partition coefficient (Wildman–Crippen LogP) is 1.98. The lowest BCUT2D eigenvalue weighted by atomic mass is 9.91. The van der Waals surface area contributed by atoms with Gasteiger partial charge in [-0.1, -0.05) is 13.3 Å². The van der Waals surface area contributed by atoms with Gasteiger partial charge in [0, 0.05) is 13.7 Å². The maximum absolute atomic E-state index is 12.6. The van der Waals surface area contributed by atoms with E-state index in [1.54, 1.807) is 7.11 Å². The summed E-state index contributed by atoms with van der Waals surface area (Å²) in [5, 5.41) is 12.6.